The first-order valence-corrected chi connectivity index (χ1v) is 10.1. The molecule has 0 aliphatic carbocycles. The van der Waals surface area contributed by atoms with E-state index in [-0.39, 0.29) is 46.6 Å². The van der Waals surface area contributed by atoms with Crippen LogP contribution in [-0.2, 0) is 19.0 Å². The zero-order valence-corrected chi connectivity index (χ0v) is 19.7. The summed E-state index contributed by atoms with van der Waals surface area (Å²) in [4.78, 5) is 25.0. The monoisotopic (exact) mass is 460 g/mol. The molecule has 0 radical (unpaired) electrons. The summed E-state index contributed by atoms with van der Waals surface area (Å²) in [6.45, 7) is 8.43. The fourth-order valence-corrected chi connectivity index (χ4v) is 3.21. The summed E-state index contributed by atoms with van der Waals surface area (Å²) in [5, 5.41) is 9.75. The molecule has 0 aromatic heterocycles. The molecule has 10 heteroatoms. The van der Waals surface area contributed by atoms with E-state index in [0.29, 0.717) is 5.56 Å². The van der Waals surface area contributed by atoms with Crippen LogP contribution in [0.15, 0.2) is 34.9 Å². The van der Waals surface area contributed by atoms with E-state index in [1.807, 2.05) is 6.07 Å². The maximum atomic E-state index is 12.7. The van der Waals surface area contributed by atoms with E-state index in [4.69, 9.17) is 34.2 Å². The van der Waals surface area contributed by atoms with Crippen molar-refractivity contribution < 1.29 is 38.0 Å². The highest BCUT2D eigenvalue weighted by atomic mass is 16.7. The van der Waals surface area contributed by atoms with Gasteiger partial charge in [-0.05, 0) is 52.3 Å². The molecule has 2 N–H and O–H groups in total. The molecular formula is C23H28N2O8. The van der Waals surface area contributed by atoms with Crippen LogP contribution in [-0.4, -0.2) is 38.6 Å². The van der Waals surface area contributed by atoms with Gasteiger partial charge in [0.2, 0.25) is 11.6 Å². The summed E-state index contributed by atoms with van der Waals surface area (Å²) in [6, 6.07) is 5.02. The standard InChI is InChI=1S/C23H28N2O8/c1-8-30-21(26)17-12(2)31-20(25)14(11-24)18(17)13-9-15(28-6)19(16(10-13)29-7)32-22(27)33-23(3,4)5/h9-10,18H,8,25H2,1-7H3. The summed E-state index contributed by atoms with van der Waals surface area (Å²) in [6.07, 6.45) is -0.956. The van der Waals surface area contributed by atoms with Crippen molar-refractivity contribution in [2.45, 2.75) is 46.1 Å². The number of nitrogens with two attached hydrogens (primary N) is 1. The Hall–Kier alpha value is -3.87. The van der Waals surface area contributed by atoms with Crippen LogP contribution >= 0.6 is 0 Å². The van der Waals surface area contributed by atoms with Crippen LogP contribution in [0.2, 0.25) is 0 Å². The predicted molar refractivity (Wildman–Crippen MR) is 116 cm³/mol. The first-order valence-electron chi connectivity index (χ1n) is 10.1. The third kappa shape index (κ3) is 5.68. The van der Waals surface area contributed by atoms with Gasteiger partial charge in [0.15, 0.2) is 11.5 Å². The number of carbonyl (C=O) groups is 2. The summed E-state index contributed by atoms with van der Waals surface area (Å²) < 4.78 is 32.0. The molecule has 0 amide bonds. The van der Waals surface area contributed by atoms with E-state index in [1.54, 1.807) is 34.6 Å². The Morgan fingerprint density at radius 2 is 1.76 bits per heavy atom. The average molecular weight is 460 g/mol. The zero-order chi connectivity index (χ0) is 24.9. The Bertz CT molecular complexity index is 1020. The Kier molecular flexibility index (Phi) is 7.82. The number of hydrogen-bond acceptors (Lipinski definition) is 10. The molecule has 2 rings (SSSR count). The lowest BCUT2D eigenvalue weighted by Gasteiger charge is -2.27. The van der Waals surface area contributed by atoms with Gasteiger partial charge in [-0.15, -0.1) is 0 Å². The number of methoxy groups -OCH3 is 2. The minimum atomic E-state index is -0.956. The minimum absolute atomic E-state index is 0.00794. The van der Waals surface area contributed by atoms with Crippen molar-refractivity contribution >= 4 is 12.1 Å². The SMILES string of the molecule is CCOC(=O)C1=C(C)OC(N)=C(C#N)C1c1cc(OC)c(OC(=O)OC(C)(C)C)c(OC)c1. The van der Waals surface area contributed by atoms with Crippen molar-refractivity contribution in [1.82, 2.24) is 0 Å². The first-order chi connectivity index (χ1) is 15.5. The molecule has 1 aliphatic heterocycles. The van der Waals surface area contributed by atoms with Crippen LogP contribution in [0.1, 0.15) is 46.1 Å². The molecular weight excluding hydrogens is 432 g/mol. The van der Waals surface area contributed by atoms with Crippen molar-refractivity contribution in [3.63, 3.8) is 0 Å². The maximum Gasteiger partial charge on any atom is 0.514 e. The number of nitriles is 1. The van der Waals surface area contributed by atoms with Gasteiger partial charge in [0.1, 0.15) is 23.0 Å². The number of esters is 1. The number of hydrogen-bond donors (Lipinski definition) is 1. The van der Waals surface area contributed by atoms with E-state index < -0.39 is 23.6 Å². The first kappa shape index (κ1) is 25.4. The van der Waals surface area contributed by atoms with Crippen LogP contribution in [0.4, 0.5) is 4.79 Å². The topological polar surface area (TPSA) is 139 Å². The molecule has 0 fully saturated rings. The highest BCUT2D eigenvalue weighted by molar-refractivity contribution is 5.92. The lowest BCUT2D eigenvalue weighted by molar-refractivity contribution is -0.139. The smallest absolute Gasteiger partial charge is 0.493 e. The van der Waals surface area contributed by atoms with E-state index >= 15 is 0 Å². The highest BCUT2D eigenvalue weighted by Crippen LogP contribution is 2.46. The molecule has 178 valence electrons. The molecule has 1 aliphatic rings. The summed E-state index contributed by atoms with van der Waals surface area (Å²) >= 11 is 0. The number of carbonyl (C=O) groups excluding carboxylic acids is 2. The number of ether oxygens (including phenoxy) is 6. The van der Waals surface area contributed by atoms with Crippen molar-refractivity contribution in [1.29, 1.82) is 5.26 Å². The Morgan fingerprint density at radius 3 is 2.21 bits per heavy atom. The quantitative estimate of drug-likeness (QED) is 0.494. The van der Waals surface area contributed by atoms with Crippen LogP contribution in [0, 0.1) is 11.3 Å². The fraction of sp³-hybridized carbons (Fsp3) is 0.435. The molecule has 1 heterocycles. The number of rotatable bonds is 6. The largest absolute Gasteiger partial charge is 0.514 e. The third-order valence-corrected chi connectivity index (χ3v) is 4.49. The molecule has 0 saturated heterocycles. The van der Waals surface area contributed by atoms with Gasteiger partial charge in [-0.3, -0.25) is 0 Å². The Morgan fingerprint density at radius 1 is 1.18 bits per heavy atom. The van der Waals surface area contributed by atoms with E-state index in [2.05, 4.69) is 0 Å². The van der Waals surface area contributed by atoms with Gasteiger partial charge in [0.05, 0.1) is 32.3 Å². The number of allylic oxidation sites excluding steroid dienone is 2. The van der Waals surface area contributed by atoms with Crippen LogP contribution < -0.4 is 19.9 Å². The second kappa shape index (κ2) is 10.2. The zero-order valence-electron chi connectivity index (χ0n) is 19.7. The highest BCUT2D eigenvalue weighted by Gasteiger charge is 2.37. The van der Waals surface area contributed by atoms with E-state index in [9.17, 15) is 14.9 Å². The Labute approximate surface area is 192 Å². The molecule has 1 aromatic carbocycles. The van der Waals surface area contributed by atoms with E-state index in [1.165, 1.54) is 26.4 Å². The lowest BCUT2D eigenvalue weighted by Crippen LogP contribution is -2.26. The summed E-state index contributed by atoms with van der Waals surface area (Å²) in [5.41, 5.74) is 5.68. The molecule has 1 atom stereocenters. The molecule has 0 saturated carbocycles. The van der Waals surface area contributed by atoms with Crippen LogP contribution in [0.3, 0.4) is 0 Å². The maximum absolute atomic E-state index is 12.7. The van der Waals surface area contributed by atoms with E-state index in [0.717, 1.165) is 0 Å². The fourth-order valence-electron chi connectivity index (χ4n) is 3.21. The molecule has 0 bridgehead atoms. The van der Waals surface area contributed by atoms with Gasteiger partial charge in [0, 0.05) is 0 Å². The lowest BCUT2D eigenvalue weighted by atomic mass is 9.83. The van der Waals surface area contributed by atoms with Crippen molar-refractivity contribution in [3.8, 4) is 23.3 Å². The summed E-state index contributed by atoms with van der Waals surface area (Å²) in [5.74, 6) is -1.34. The molecule has 33 heavy (non-hydrogen) atoms. The Balaban J connectivity index is 2.66. The van der Waals surface area contributed by atoms with Crippen molar-refractivity contribution in [2.75, 3.05) is 20.8 Å². The second-order valence-electron chi connectivity index (χ2n) is 7.94. The van der Waals surface area contributed by atoms with Crippen LogP contribution in [0.5, 0.6) is 17.2 Å². The summed E-state index contributed by atoms with van der Waals surface area (Å²) in [7, 11) is 2.74. The van der Waals surface area contributed by atoms with Gasteiger partial charge in [-0.25, -0.2) is 9.59 Å². The van der Waals surface area contributed by atoms with Crippen LogP contribution in [0.25, 0.3) is 0 Å². The average Bonchev–Trinajstić information content (AvgIpc) is 2.72. The van der Waals surface area contributed by atoms with Gasteiger partial charge in [0.25, 0.3) is 0 Å². The van der Waals surface area contributed by atoms with Gasteiger partial charge >= 0.3 is 12.1 Å². The predicted octanol–water partition coefficient (Wildman–Crippen LogP) is 3.66. The van der Waals surface area contributed by atoms with Gasteiger partial charge < -0.3 is 34.2 Å². The molecule has 10 nitrogen and oxygen atoms in total. The van der Waals surface area contributed by atoms with Crippen molar-refractivity contribution in [2.24, 2.45) is 5.73 Å². The van der Waals surface area contributed by atoms with Crippen molar-refractivity contribution in [3.05, 3.63) is 40.5 Å². The molecule has 1 unspecified atom stereocenters. The second-order valence-corrected chi connectivity index (χ2v) is 7.94. The molecule has 1 aromatic rings. The normalized spacial score (nSPS) is 15.9. The number of nitrogens with zero attached hydrogens (tertiary/aromatic N) is 1. The number of benzene rings is 1. The van der Waals surface area contributed by atoms with Gasteiger partial charge in [-0.2, -0.15) is 5.26 Å². The van der Waals surface area contributed by atoms with Gasteiger partial charge in [-0.1, -0.05) is 0 Å². The third-order valence-electron chi connectivity index (χ3n) is 4.49. The molecule has 0 spiro atoms. The minimum Gasteiger partial charge on any atom is -0.493 e.